The molecule has 0 radical (unpaired) electrons. The van der Waals surface area contributed by atoms with Gasteiger partial charge in [-0.2, -0.15) is 0 Å². The van der Waals surface area contributed by atoms with Crippen molar-refractivity contribution in [2.45, 2.75) is 33.6 Å². The Hall–Kier alpha value is -1.30. The number of benzene rings is 1. The van der Waals surface area contributed by atoms with Crippen LogP contribution in [0.15, 0.2) is 18.2 Å². The van der Waals surface area contributed by atoms with E-state index in [0.29, 0.717) is 29.2 Å². The third-order valence-electron chi connectivity index (χ3n) is 3.76. The molecule has 0 aliphatic heterocycles. The van der Waals surface area contributed by atoms with Crippen LogP contribution in [0.2, 0.25) is 5.02 Å². The van der Waals surface area contributed by atoms with E-state index in [2.05, 4.69) is 10.6 Å². The summed E-state index contributed by atoms with van der Waals surface area (Å²) in [7, 11) is 0. The molecule has 1 rings (SSSR count). The second-order valence-electron chi connectivity index (χ2n) is 5.02. The number of hydrogen-bond acceptors (Lipinski definition) is 3. The lowest BCUT2D eigenvalue weighted by atomic mass is 9.81. The van der Waals surface area contributed by atoms with Gasteiger partial charge in [0.05, 0.1) is 16.1 Å². The summed E-state index contributed by atoms with van der Waals surface area (Å²) < 4.78 is 0. The third kappa shape index (κ3) is 4.87. The average Bonchev–Trinajstić information content (AvgIpc) is 2.44. The van der Waals surface area contributed by atoms with E-state index < -0.39 is 5.41 Å². The van der Waals surface area contributed by atoms with Crippen LogP contribution in [0, 0.1) is 5.41 Å². The summed E-state index contributed by atoms with van der Waals surface area (Å²) in [6.07, 6.45) is 1.30. The monoisotopic (exact) mass is 347 g/mol. The smallest absolute Gasteiger partial charge is 0.231 e. The molecule has 2 amide bonds. The first-order chi connectivity index (χ1) is 9.88. The van der Waals surface area contributed by atoms with E-state index in [0.717, 1.165) is 0 Å². The highest BCUT2D eigenvalue weighted by atomic mass is 35.5. The summed E-state index contributed by atoms with van der Waals surface area (Å²) in [5.74, 6) is -0.343. The van der Waals surface area contributed by atoms with Gasteiger partial charge in [0.15, 0.2) is 0 Å². The maximum Gasteiger partial charge on any atom is 0.231 e. The minimum Gasteiger partial charge on any atom is -0.329 e. The van der Waals surface area contributed by atoms with Gasteiger partial charge < -0.3 is 16.4 Å². The Labute approximate surface area is 142 Å². The minimum absolute atomic E-state index is 0. The first-order valence-corrected chi connectivity index (χ1v) is 7.35. The van der Waals surface area contributed by atoms with Gasteiger partial charge in [0.2, 0.25) is 11.8 Å². The molecule has 22 heavy (non-hydrogen) atoms. The molecule has 7 heteroatoms. The predicted molar refractivity (Wildman–Crippen MR) is 93.7 cm³/mol. The number of carbonyl (C=O) groups is 2. The van der Waals surface area contributed by atoms with Gasteiger partial charge >= 0.3 is 0 Å². The van der Waals surface area contributed by atoms with Crippen molar-refractivity contribution in [1.82, 2.24) is 0 Å². The lowest BCUT2D eigenvalue weighted by Crippen LogP contribution is -2.41. The molecule has 0 saturated heterocycles. The summed E-state index contributed by atoms with van der Waals surface area (Å²) >= 11 is 6.10. The summed E-state index contributed by atoms with van der Waals surface area (Å²) in [5.41, 5.74) is 6.21. The summed E-state index contributed by atoms with van der Waals surface area (Å²) in [4.78, 5) is 23.6. The number of hydrogen-bond donors (Lipinski definition) is 3. The van der Waals surface area contributed by atoms with Crippen molar-refractivity contribution in [2.75, 3.05) is 17.2 Å². The van der Waals surface area contributed by atoms with Crippen molar-refractivity contribution < 1.29 is 9.59 Å². The molecule has 0 unspecified atom stereocenters. The highest BCUT2D eigenvalue weighted by molar-refractivity contribution is 6.34. The highest BCUT2D eigenvalue weighted by Gasteiger charge is 2.33. The van der Waals surface area contributed by atoms with Gasteiger partial charge in [-0.05, 0) is 31.0 Å². The number of anilines is 2. The molecular weight excluding hydrogens is 325 g/mol. The molecule has 0 heterocycles. The largest absolute Gasteiger partial charge is 0.329 e. The van der Waals surface area contributed by atoms with Crippen LogP contribution in [0.4, 0.5) is 11.4 Å². The maximum absolute atomic E-state index is 12.5. The van der Waals surface area contributed by atoms with Crippen LogP contribution in [0.25, 0.3) is 0 Å². The van der Waals surface area contributed by atoms with Crippen molar-refractivity contribution in [3.05, 3.63) is 23.2 Å². The molecule has 4 N–H and O–H groups in total. The molecular formula is C15H23Cl2N3O2. The molecule has 0 spiro atoms. The SMILES string of the molecule is CCC(CC)(CN)C(=O)Nc1cc(NC(C)=O)ccc1Cl.Cl. The van der Waals surface area contributed by atoms with Crippen LogP contribution >= 0.6 is 24.0 Å². The van der Waals surface area contributed by atoms with Crippen molar-refractivity contribution in [3.63, 3.8) is 0 Å². The Morgan fingerprint density at radius 1 is 1.23 bits per heavy atom. The van der Waals surface area contributed by atoms with Crippen LogP contribution in [0.5, 0.6) is 0 Å². The summed E-state index contributed by atoms with van der Waals surface area (Å²) in [6.45, 7) is 5.56. The molecule has 124 valence electrons. The first-order valence-electron chi connectivity index (χ1n) is 6.97. The van der Waals surface area contributed by atoms with Crippen molar-refractivity contribution >= 4 is 47.2 Å². The van der Waals surface area contributed by atoms with Gasteiger partial charge in [-0.25, -0.2) is 0 Å². The van der Waals surface area contributed by atoms with Crippen LogP contribution in [-0.2, 0) is 9.59 Å². The van der Waals surface area contributed by atoms with Crippen molar-refractivity contribution in [1.29, 1.82) is 0 Å². The molecule has 1 aromatic rings. The fourth-order valence-corrected chi connectivity index (χ4v) is 2.27. The highest BCUT2D eigenvalue weighted by Crippen LogP contribution is 2.30. The van der Waals surface area contributed by atoms with Gasteiger partial charge in [-0.15, -0.1) is 12.4 Å². The van der Waals surface area contributed by atoms with Crippen LogP contribution in [-0.4, -0.2) is 18.4 Å². The standard InChI is InChI=1S/C15H22ClN3O2.ClH/c1-4-15(5-2,9-17)14(21)19-13-8-11(18-10(3)20)6-7-12(13)16;/h6-8H,4-5,9,17H2,1-3H3,(H,18,20)(H,19,21);1H. The zero-order valence-corrected chi connectivity index (χ0v) is 14.6. The fourth-order valence-electron chi connectivity index (χ4n) is 2.11. The number of nitrogens with two attached hydrogens (primary N) is 1. The number of rotatable bonds is 6. The Morgan fingerprint density at radius 3 is 2.27 bits per heavy atom. The van der Waals surface area contributed by atoms with Crippen molar-refractivity contribution in [3.8, 4) is 0 Å². The van der Waals surface area contributed by atoms with E-state index in [-0.39, 0.29) is 30.8 Å². The Morgan fingerprint density at radius 2 is 1.82 bits per heavy atom. The number of amides is 2. The number of nitrogens with one attached hydrogen (secondary N) is 2. The zero-order valence-electron chi connectivity index (χ0n) is 13.0. The normalized spacial score (nSPS) is 10.6. The van der Waals surface area contributed by atoms with Gasteiger partial charge in [-0.3, -0.25) is 9.59 Å². The van der Waals surface area contributed by atoms with Gasteiger partial charge in [0, 0.05) is 19.2 Å². The van der Waals surface area contributed by atoms with Crippen LogP contribution in [0.3, 0.4) is 0 Å². The van der Waals surface area contributed by atoms with Gasteiger partial charge in [0.1, 0.15) is 0 Å². The Kier molecular flexibility index (Phi) is 8.45. The second kappa shape index (κ2) is 8.98. The number of halogens is 2. The number of carbonyl (C=O) groups excluding carboxylic acids is 2. The van der Waals surface area contributed by atoms with Gasteiger partial charge in [-0.1, -0.05) is 25.4 Å². The fraction of sp³-hybridized carbons (Fsp3) is 0.467. The third-order valence-corrected chi connectivity index (χ3v) is 4.09. The molecule has 0 atom stereocenters. The molecule has 0 saturated carbocycles. The summed E-state index contributed by atoms with van der Waals surface area (Å²) in [6, 6.07) is 4.94. The van der Waals surface area contributed by atoms with Crippen LogP contribution in [0.1, 0.15) is 33.6 Å². The quantitative estimate of drug-likeness (QED) is 0.736. The molecule has 0 aromatic heterocycles. The van der Waals surface area contributed by atoms with Crippen molar-refractivity contribution in [2.24, 2.45) is 11.1 Å². The predicted octanol–water partition coefficient (Wildman–Crippen LogP) is 3.42. The van der Waals surface area contributed by atoms with E-state index in [1.807, 2.05) is 13.8 Å². The lowest BCUT2D eigenvalue weighted by molar-refractivity contribution is -0.125. The Balaban J connectivity index is 0.00000441. The molecule has 5 nitrogen and oxygen atoms in total. The molecule has 0 aliphatic rings. The molecule has 0 bridgehead atoms. The second-order valence-corrected chi connectivity index (χ2v) is 5.43. The van der Waals surface area contributed by atoms with E-state index in [4.69, 9.17) is 17.3 Å². The topological polar surface area (TPSA) is 84.2 Å². The molecule has 0 aliphatic carbocycles. The molecule has 0 fully saturated rings. The Bertz CT molecular complexity index is 523. The maximum atomic E-state index is 12.5. The minimum atomic E-state index is -0.604. The first kappa shape index (κ1) is 20.7. The van der Waals surface area contributed by atoms with Crippen LogP contribution < -0.4 is 16.4 Å². The van der Waals surface area contributed by atoms with E-state index in [1.165, 1.54) is 6.92 Å². The van der Waals surface area contributed by atoms with E-state index >= 15 is 0 Å². The zero-order chi connectivity index (χ0) is 16.0. The summed E-state index contributed by atoms with van der Waals surface area (Å²) in [5, 5.41) is 5.88. The van der Waals surface area contributed by atoms with E-state index in [1.54, 1.807) is 18.2 Å². The van der Waals surface area contributed by atoms with E-state index in [9.17, 15) is 9.59 Å². The molecule has 1 aromatic carbocycles. The lowest BCUT2D eigenvalue weighted by Gasteiger charge is -2.28. The van der Waals surface area contributed by atoms with Gasteiger partial charge in [0.25, 0.3) is 0 Å². The average molecular weight is 348 g/mol.